The molecule has 0 fully saturated rings. The van der Waals surface area contributed by atoms with E-state index in [1.165, 1.54) is 0 Å². The number of carbonyl (C=O) groups excluding carboxylic acids is 1. The second-order valence-electron chi connectivity index (χ2n) is 8.00. The standard InChI is InChI=1S/C24H26ClN3O2/c1-15(2)19-6-4-5-7-22(19)30-16(3)24(29)28-13-12-21-20(14-28)23(27-26-21)17-8-10-18(25)11-9-17/h4-11,15-16H,12-14H2,1-3H3,(H,26,27). The van der Waals surface area contributed by atoms with Crippen LogP contribution < -0.4 is 4.74 Å². The normalized spacial score (nSPS) is 14.5. The lowest BCUT2D eigenvalue weighted by atomic mass is 10.0. The molecule has 3 aromatic rings. The van der Waals surface area contributed by atoms with Gasteiger partial charge in [0.05, 0.1) is 5.69 Å². The Morgan fingerprint density at radius 3 is 2.60 bits per heavy atom. The third-order valence-corrected chi connectivity index (χ3v) is 5.81. The SMILES string of the molecule is CC(Oc1ccccc1C(C)C)C(=O)N1CCc2[nH]nc(-c3ccc(Cl)cc3)c2C1. The molecule has 6 heteroatoms. The van der Waals surface area contributed by atoms with Gasteiger partial charge in [-0.3, -0.25) is 9.89 Å². The number of fused-ring (bicyclic) bond motifs is 1. The smallest absolute Gasteiger partial charge is 0.263 e. The highest BCUT2D eigenvalue weighted by molar-refractivity contribution is 6.30. The van der Waals surface area contributed by atoms with Crippen molar-refractivity contribution in [3.63, 3.8) is 0 Å². The second kappa shape index (κ2) is 8.52. The van der Waals surface area contributed by atoms with Gasteiger partial charge in [0.25, 0.3) is 5.91 Å². The van der Waals surface area contributed by atoms with Crippen molar-refractivity contribution in [1.29, 1.82) is 0 Å². The van der Waals surface area contributed by atoms with E-state index >= 15 is 0 Å². The van der Waals surface area contributed by atoms with Crippen LogP contribution in [-0.4, -0.2) is 33.7 Å². The number of nitrogens with one attached hydrogen (secondary N) is 1. The van der Waals surface area contributed by atoms with Crippen LogP contribution in [0.4, 0.5) is 0 Å². The largest absolute Gasteiger partial charge is 0.481 e. The average molecular weight is 424 g/mol. The Morgan fingerprint density at radius 1 is 1.13 bits per heavy atom. The van der Waals surface area contributed by atoms with Crippen molar-refractivity contribution in [3.05, 3.63) is 70.4 Å². The van der Waals surface area contributed by atoms with Crippen LogP contribution in [0, 0.1) is 0 Å². The van der Waals surface area contributed by atoms with E-state index < -0.39 is 6.10 Å². The van der Waals surface area contributed by atoms with Gasteiger partial charge in [-0.25, -0.2) is 0 Å². The summed E-state index contributed by atoms with van der Waals surface area (Å²) >= 11 is 6.02. The van der Waals surface area contributed by atoms with Gasteiger partial charge in [0.1, 0.15) is 5.75 Å². The Labute approximate surface area is 182 Å². The fraction of sp³-hybridized carbons (Fsp3) is 0.333. The molecule has 4 rings (SSSR count). The van der Waals surface area contributed by atoms with Gasteiger partial charge in [0.15, 0.2) is 6.10 Å². The van der Waals surface area contributed by atoms with Gasteiger partial charge in [-0.2, -0.15) is 5.10 Å². The minimum absolute atomic E-state index is 0.0116. The predicted octanol–water partition coefficient (Wildman–Crippen LogP) is 5.21. The first-order chi connectivity index (χ1) is 14.4. The summed E-state index contributed by atoms with van der Waals surface area (Å²) in [6.45, 7) is 7.23. The summed E-state index contributed by atoms with van der Waals surface area (Å²) in [5, 5.41) is 8.32. The maximum absolute atomic E-state index is 13.2. The van der Waals surface area contributed by atoms with Crippen LogP contribution in [0.3, 0.4) is 0 Å². The molecule has 1 aromatic heterocycles. The Morgan fingerprint density at radius 2 is 1.87 bits per heavy atom. The number of halogens is 1. The first-order valence-electron chi connectivity index (χ1n) is 10.3. The summed E-state index contributed by atoms with van der Waals surface area (Å²) in [6, 6.07) is 15.5. The number of nitrogens with zero attached hydrogens (tertiary/aromatic N) is 2. The van der Waals surface area contributed by atoms with Crippen LogP contribution in [-0.2, 0) is 17.8 Å². The van der Waals surface area contributed by atoms with Crippen molar-refractivity contribution in [1.82, 2.24) is 15.1 Å². The molecule has 1 atom stereocenters. The van der Waals surface area contributed by atoms with Crippen LogP contribution in [0.2, 0.25) is 5.02 Å². The molecule has 0 radical (unpaired) electrons. The van der Waals surface area contributed by atoms with Crippen molar-refractivity contribution >= 4 is 17.5 Å². The number of para-hydroxylation sites is 1. The first kappa shape index (κ1) is 20.5. The second-order valence-corrected chi connectivity index (χ2v) is 8.44. The summed E-state index contributed by atoms with van der Waals surface area (Å²) in [6.07, 6.45) is 0.189. The van der Waals surface area contributed by atoms with Gasteiger partial charge >= 0.3 is 0 Å². The molecule has 2 heterocycles. The zero-order valence-corrected chi connectivity index (χ0v) is 18.2. The zero-order chi connectivity index (χ0) is 21.3. The molecule has 1 unspecified atom stereocenters. The number of ether oxygens (including phenoxy) is 1. The molecule has 0 bridgehead atoms. The van der Waals surface area contributed by atoms with Crippen LogP contribution >= 0.6 is 11.6 Å². The number of aromatic amines is 1. The van der Waals surface area contributed by atoms with Crippen molar-refractivity contribution < 1.29 is 9.53 Å². The molecule has 2 aromatic carbocycles. The topological polar surface area (TPSA) is 58.2 Å². The Hall–Kier alpha value is -2.79. The lowest BCUT2D eigenvalue weighted by Gasteiger charge is -2.30. The monoisotopic (exact) mass is 423 g/mol. The van der Waals surface area contributed by atoms with Gasteiger partial charge in [-0.05, 0) is 36.6 Å². The number of hydrogen-bond acceptors (Lipinski definition) is 3. The highest BCUT2D eigenvalue weighted by atomic mass is 35.5. The minimum Gasteiger partial charge on any atom is -0.481 e. The van der Waals surface area contributed by atoms with Crippen LogP contribution in [0.15, 0.2) is 48.5 Å². The van der Waals surface area contributed by atoms with Gasteiger partial charge in [0, 0.05) is 41.4 Å². The molecule has 0 aliphatic carbocycles. The fourth-order valence-corrected chi connectivity index (χ4v) is 4.02. The third-order valence-electron chi connectivity index (χ3n) is 5.56. The molecule has 5 nitrogen and oxygen atoms in total. The summed E-state index contributed by atoms with van der Waals surface area (Å²) < 4.78 is 6.09. The van der Waals surface area contributed by atoms with Crippen molar-refractivity contribution in [2.45, 2.75) is 45.8 Å². The van der Waals surface area contributed by atoms with Crippen LogP contribution in [0.25, 0.3) is 11.3 Å². The number of hydrogen-bond donors (Lipinski definition) is 1. The molecule has 156 valence electrons. The first-order valence-corrected chi connectivity index (χ1v) is 10.7. The summed E-state index contributed by atoms with van der Waals surface area (Å²) in [5.41, 5.74) is 5.12. The van der Waals surface area contributed by atoms with E-state index in [0.29, 0.717) is 24.0 Å². The van der Waals surface area contributed by atoms with Crippen LogP contribution in [0.5, 0.6) is 5.75 Å². The van der Waals surface area contributed by atoms with Gasteiger partial charge in [0.2, 0.25) is 0 Å². The predicted molar refractivity (Wildman–Crippen MR) is 119 cm³/mol. The quantitative estimate of drug-likeness (QED) is 0.613. The number of aromatic nitrogens is 2. The van der Waals surface area contributed by atoms with E-state index in [2.05, 4.69) is 24.0 Å². The highest BCUT2D eigenvalue weighted by Crippen LogP contribution is 2.30. The minimum atomic E-state index is -0.558. The highest BCUT2D eigenvalue weighted by Gasteiger charge is 2.29. The van der Waals surface area contributed by atoms with Crippen LogP contribution in [0.1, 0.15) is 43.5 Å². The molecule has 1 aliphatic heterocycles. The number of H-pyrrole nitrogens is 1. The summed E-state index contributed by atoms with van der Waals surface area (Å²) in [4.78, 5) is 15.0. The van der Waals surface area contributed by atoms with E-state index in [1.807, 2.05) is 60.4 Å². The van der Waals surface area contributed by atoms with E-state index in [-0.39, 0.29) is 5.91 Å². The van der Waals surface area contributed by atoms with E-state index in [9.17, 15) is 4.79 Å². The van der Waals surface area contributed by atoms with Crippen molar-refractivity contribution in [2.24, 2.45) is 0 Å². The number of rotatable bonds is 5. The Bertz CT molecular complexity index is 1040. The van der Waals surface area contributed by atoms with Gasteiger partial charge < -0.3 is 9.64 Å². The fourth-order valence-electron chi connectivity index (χ4n) is 3.89. The number of carbonyl (C=O) groups is 1. The van der Waals surface area contributed by atoms with Gasteiger partial charge in [-0.1, -0.05) is 55.8 Å². The molecule has 30 heavy (non-hydrogen) atoms. The Balaban J connectivity index is 1.51. The molecule has 0 saturated heterocycles. The molecule has 1 amide bonds. The maximum atomic E-state index is 13.2. The third kappa shape index (κ3) is 4.08. The lowest BCUT2D eigenvalue weighted by Crippen LogP contribution is -2.43. The zero-order valence-electron chi connectivity index (χ0n) is 17.5. The van der Waals surface area contributed by atoms with Crippen molar-refractivity contribution in [3.8, 4) is 17.0 Å². The molecule has 0 spiro atoms. The molecule has 1 aliphatic rings. The van der Waals surface area contributed by atoms with E-state index in [4.69, 9.17) is 16.3 Å². The lowest BCUT2D eigenvalue weighted by molar-refractivity contribution is -0.138. The van der Waals surface area contributed by atoms with E-state index in [1.54, 1.807) is 0 Å². The average Bonchev–Trinajstić information content (AvgIpc) is 3.17. The molecular weight excluding hydrogens is 398 g/mol. The number of benzene rings is 2. The number of amides is 1. The molecule has 0 saturated carbocycles. The maximum Gasteiger partial charge on any atom is 0.263 e. The van der Waals surface area contributed by atoms with Crippen molar-refractivity contribution in [2.75, 3.05) is 6.54 Å². The summed E-state index contributed by atoms with van der Waals surface area (Å²) in [5.74, 6) is 1.09. The molecule has 1 N–H and O–H groups in total. The van der Waals surface area contributed by atoms with E-state index in [0.717, 1.165) is 40.2 Å². The molecular formula is C24H26ClN3O2. The Kier molecular flexibility index (Phi) is 5.82. The summed E-state index contributed by atoms with van der Waals surface area (Å²) in [7, 11) is 0. The van der Waals surface area contributed by atoms with Gasteiger partial charge in [-0.15, -0.1) is 0 Å².